The monoisotopic (exact) mass is 692 g/mol. The van der Waals surface area contributed by atoms with Crippen LogP contribution in [0.5, 0.6) is 0 Å². The van der Waals surface area contributed by atoms with Crippen molar-refractivity contribution in [2.24, 2.45) is 0 Å². The molecule has 49 heavy (non-hydrogen) atoms. The fraction of sp³-hybridized carbons (Fsp3) is 0.357. The van der Waals surface area contributed by atoms with Crippen LogP contribution in [0.15, 0.2) is 133 Å². The van der Waals surface area contributed by atoms with Gasteiger partial charge in [0.15, 0.2) is 6.10 Å². The first-order valence-corrected chi connectivity index (χ1v) is 21.2. The van der Waals surface area contributed by atoms with Crippen molar-refractivity contribution >= 4 is 43.5 Å². The molecule has 1 saturated heterocycles. The third kappa shape index (κ3) is 7.41. The average molecular weight is 693 g/mol. The van der Waals surface area contributed by atoms with E-state index in [0.717, 1.165) is 26.3 Å². The van der Waals surface area contributed by atoms with Crippen LogP contribution in [0.1, 0.15) is 61.8 Å². The minimum atomic E-state index is -3.05. The highest BCUT2D eigenvalue weighted by molar-refractivity contribution is 7.00. The van der Waals surface area contributed by atoms with Crippen molar-refractivity contribution in [1.82, 2.24) is 0 Å². The van der Waals surface area contributed by atoms with Crippen molar-refractivity contribution in [2.45, 2.75) is 90.2 Å². The van der Waals surface area contributed by atoms with Gasteiger partial charge in [-0.25, -0.2) is 4.79 Å². The Morgan fingerprint density at radius 3 is 1.43 bits per heavy atom. The first-order valence-electron chi connectivity index (χ1n) is 17.4. The lowest BCUT2D eigenvalue weighted by Gasteiger charge is -2.47. The van der Waals surface area contributed by atoms with Gasteiger partial charge in [0.25, 0.3) is 16.6 Å². The summed E-state index contributed by atoms with van der Waals surface area (Å²) in [5.41, 5.74) is 0.960. The van der Waals surface area contributed by atoms with Crippen LogP contribution in [0, 0.1) is 0 Å². The zero-order valence-electron chi connectivity index (χ0n) is 30.3. The fourth-order valence-corrected chi connectivity index (χ4v) is 16.7. The van der Waals surface area contributed by atoms with E-state index >= 15 is 0 Å². The van der Waals surface area contributed by atoms with E-state index < -0.39 is 41.1 Å². The van der Waals surface area contributed by atoms with Crippen molar-refractivity contribution < 1.29 is 23.1 Å². The minimum Gasteiger partial charge on any atom is -0.426 e. The average Bonchev–Trinajstić information content (AvgIpc) is 3.25. The molecule has 258 valence electrons. The predicted molar refractivity (Wildman–Crippen MR) is 205 cm³/mol. The van der Waals surface area contributed by atoms with Gasteiger partial charge in [-0.2, -0.15) is 0 Å². The molecule has 0 amide bonds. The number of rotatable bonds is 10. The summed E-state index contributed by atoms with van der Waals surface area (Å²) in [5.74, 6) is 0. The summed E-state index contributed by atoms with van der Waals surface area (Å²) >= 11 is 0. The summed E-state index contributed by atoms with van der Waals surface area (Å²) < 4.78 is 27.4. The number of ether oxygens (including phenoxy) is 2. The Morgan fingerprint density at radius 2 is 1.06 bits per heavy atom. The SMILES string of the molecule is C/C=C(\C)C1C[C@H](O[Si](c2ccccc2)(c2ccccc2)C(C)(C)C)[C@@H](CO[Si](c2ccccc2)(c2ccccc2)C(C)(C)C)OC(=O)O1. The van der Waals surface area contributed by atoms with Crippen LogP contribution >= 0.6 is 0 Å². The van der Waals surface area contributed by atoms with E-state index in [-0.39, 0.29) is 16.7 Å². The summed E-state index contributed by atoms with van der Waals surface area (Å²) in [6.45, 7) is 17.7. The number of cyclic esters (lactones) is 2. The number of hydrogen-bond donors (Lipinski definition) is 0. The summed E-state index contributed by atoms with van der Waals surface area (Å²) in [5, 5.41) is 4.13. The Kier molecular flexibility index (Phi) is 11.2. The van der Waals surface area contributed by atoms with Gasteiger partial charge in [-0.15, -0.1) is 0 Å². The quantitative estimate of drug-likeness (QED) is 0.0966. The first kappa shape index (κ1) is 36.5. The van der Waals surface area contributed by atoms with Gasteiger partial charge in [0.1, 0.15) is 6.10 Å². The van der Waals surface area contributed by atoms with Crippen LogP contribution in [0.25, 0.3) is 0 Å². The molecule has 7 heteroatoms. The molecule has 5 rings (SSSR count). The lowest BCUT2D eigenvalue weighted by molar-refractivity contribution is -0.0193. The minimum absolute atomic E-state index is 0.160. The molecule has 3 atom stereocenters. The van der Waals surface area contributed by atoms with Crippen LogP contribution < -0.4 is 20.7 Å². The highest BCUT2D eigenvalue weighted by Gasteiger charge is 2.55. The molecule has 4 aromatic rings. The van der Waals surface area contributed by atoms with Crippen molar-refractivity contribution in [1.29, 1.82) is 0 Å². The van der Waals surface area contributed by atoms with Gasteiger partial charge < -0.3 is 18.3 Å². The third-order valence-electron chi connectivity index (χ3n) is 9.94. The standard InChI is InChI=1S/C42H52O5Si2/c1-9-32(2)37-30-38(47-49(42(6,7)8,35-26-18-12-19-27-35)36-28-20-13-21-29-36)39(46-40(43)45-37)31-44-48(41(3,4)5,33-22-14-10-15-23-33)34-24-16-11-17-25-34/h9-29,37-39H,30-31H2,1-8H3/b32-9+/t37?,38-,39+/m0/s1. The molecular formula is C42H52O5Si2. The van der Waals surface area contributed by atoms with Gasteiger partial charge in [-0.05, 0) is 50.2 Å². The molecule has 1 fully saturated rings. The molecule has 0 aliphatic carbocycles. The van der Waals surface area contributed by atoms with Gasteiger partial charge in [-0.3, -0.25) is 0 Å². The van der Waals surface area contributed by atoms with E-state index in [1.165, 1.54) is 0 Å². The highest BCUT2D eigenvalue weighted by Crippen LogP contribution is 2.41. The molecule has 0 radical (unpaired) electrons. The maximum absolute atomic E-state index is 13.5. The Morgan fingerprint density at radius 1 is 0.673 bits per heavy atom. The molecule has 1 heterocycles. The molecule has 1 unspecified atom stereocenters. The van der Waals surface area contributed by atoms with Gasteiger partial charge >= 0.3 is 6.16 Å². The Hall–Kier alpha value is -3.76. The topological polar surface area (TPSA) is 54.0 Å². The Bertz CT molecular complexity index is 1600. The maximum Gasteiger partial charge on any atom is 0.509 e. The second-order valence-electron chi connectivity index (χ2n) is 15.1. The van der Waals surface area contributed by atoms with Crippen molar-refractivity contribution in [3.63, 3.8) is 0 Å². The fourth-order valence-electron chi connectivity index (χ4n) is 7.37. The Labute approximate surface area is 295 Å². The molecule has 5 nitrogen and oxygen atoms in total. The molecule has 1 aliphatic heterocycles. The molecule has 0 spiro atoms. The molecule has 0 aromatic heterocycles. The largest absolute Gasteiger partial charge is 0.509 e. The summed E-state index contributed by atoms with van der Waals surface area (Å²) in [6.07, 6.45) is 0.0220. The highest BCUT2D eigenvalue weighted by atomic mass is 28.4. The van der Waals surface area contributed by atoms with E-state index in [9.17, 15) is 4.79 Å². The zero-order chi connectivity index (χ0) is 35.3. The van der Waals surface area contributed by atoms with E-state index in [4.69, 9.17) is 18.3 Å². The molecular weight excluding hydrogens is 641 g/mol. The van der Waals surface area contributed by atoms with Crippen LogP contribution in [0.4, 0.5) is 4.79 Å². The zero-order valence-corrected chi connectivity index (χ0v) is 32.3. The second-order valence-corrected chi connectivity index (χ2v) is 23.6. The molecule has 0 bridgehead atoms. The molecule has 0 N–H and O–H groups in total. The number of carbonyl (C=O) groups is 1. The van der Waals surface area contributed by atoms with Crippen LogP contribution in [-0.4, -0.2) is 47.7 Å². The number of carbonyl (C=O) groups excluding carboxylic acids is 1. The third-order valence-corrected chi connectivity index (χ3v) is 20.0. The van der Waals surface area contributed by atoms with Crippen molar-refractivity contribution in [3.05, 3.63) is 133 Å². The normalized spacial score (nSPS) is 19.5. The summed E-state index contributed by atoms with van der Waals surface area (Å²) in [4.78, 5) is 13.5. The maximum atomic E-state index is 13.5. The van der Waals surface area contributed by atoms with Crippen molar-refractivity contribution in [2.75, 3.05) is 6.61 Å². The van der Waals surface area contributed by atoms with Gasteiger partial charge in [-0.1, -0.05) is 169 Å². The second kappa shape index (κ2) is 15.0. The molecule has 1 aliphatic rings. The van der Waals surface area contributed by atoms with E-state index in [1.54, 1.807) is 0 Å². The van der Waals surface area contributed by atoms with Crippen LogP contribution in [0.2, 0.25) is 10.1 Å². The van der Waals surface area contributed by atoms with E-state index in [1.807, 2.05) is 44.2 Å². The number of benzene rings is 4. The Balaban J connectivity index is 1.67. The molecule has 4 aromatic carbocycles. The molecule has 0 saturated carbocycles. The number of allylic oxidation sites excluding steroid dienone is 1. The van der Waals surface area contributed by atoms with Crippen LogP contribution in [-0.2, 0) is 18.3 Å². The number of hydrogen-bond acceptors (Lipinski definition) is 5. The predicted octanol–water partition coefficient (Wildman–Crippen LogP) is 7.77. The van der Waals surface area contributed by atoms with Gasteiger partial charge in [0.2, 0.25) is 0 Å². The lowest BCUT2D eigenvalue weighted by Crippen LogP contribution is -2.69. The lowest BCUT2D eigenvalue weighted by atomic mass is 10.0. The smallest absolute Gasteiger partial charge is 0.426 e. The van der Waals surface area contributed by atoms with Crippen LogP contribution in [0.3, 0.4) is 0 Å². The summed E-state index contributed by atoms with van der Waals surface area (Å²) in [7, 11) is -6.01. The van der Waals surface area contributed by atoms with E-state index in [2.05, 4.69) is 139 Å². The van der Waals surface area contributed by atoms with Crippen molar-refractivity contribution in [3.8, 4) is 0 Å². The van der Waals surface area contributed by atoms with Gasteiger partial charge in [0, 0.05) is 6.42 Å². The summed E-state index contributed by atoms with van der Waals surface area (Å²) in [6, 6.07) is 42.3. The first-order chi connectivity index (χ1) is 23.3. The van der Waals surface area contributed by atoms with E-state index in [0.29, 0.717) is 6.42 Å². The van der Waals surface area contributed by atoms with Gasteiger partial charge in [0.05, 0.1) is 12.7 Å².